The minimum Gasteiger partial charge on any atom is -0.497 e. The van der Waals surface area contributed by atoms with Gasteiger partial charge in [0.05, 0.1) is 22.8 Å². The Balaban J connectivity index is 1.22. The van der Waals surface area contributed by atoms with E-state index in [1.54, 1.807) is 73.2 Å². The molecule has 4 aromatic carbocycles. The van der Waals surface area contributed by atoms with Gasteiger partial charge in [0, 0.05) is 31.4 Å². The van der Waals surface area contributed by atoms with Crippen LogP contribution in [0.15, 0.2) is 109 Å². The first kappa shape index (κ1) is 34.5. The van der Waals surface area contributed by atoms with Crippen molar-refractivity contribution >= 4 is 61.0 Å². The highest BCUT2D eigenvalue weighted by molar-refractivity contribution is 7.88. The molecule has 258 valence electrons. The highest BCUT2D eigenvalue weighted by Gasteiger charge is 2.63. The molecule has 0 aliphatic heterocycles. The van der Waals surface area contributed by atoms with E-state index in [0.717, 1.165) is 15.8 Å². The van der Waals surface area contributed by atoms with Crippen molar-refractivity contribution in [2.75, 3.05) is 31.0 Å². The fraction of sp³-hybridized carbons (Fsp3) is 0.222. The van der Waals surface area contributed by atoms with Gasteiger partial charge in [-0.1, -0.05) is 60.7 Å². The first-order chi connectivity index (χ1) is 24.0. The zero-order valence-electron chi connectivity index (χ0n) is 27.6. The van der Waals surface area contributed by atoms with Gasteiger partial charge in [-0.3, -0.25) is 9.59 Å². The van der Waals surface area contributed by atoms with E-state index in [2.05, 4.69) is 15.0 Å². The molecule has 14 heteroatoms. The third-order valence-electron chi connectivity index (χ3n) is 8.78. The zero-order chi connectivity index (χ0) is 35.5. The Morgan fingerprint density at radius 1 is 0.920 bits per heavy atom. The molecule has 0 radical (unpaired) electrons. The van der Waals surface area contributed by atoms with Crippen LogP contribution in [0.25, 0.3) is 10.2 Å². The van der Waals surface area contributed by atoms with Gasteiger partial charge in [0.1, 0.15) is 17.3 Å². The second-order valence-electron chi connectivity index (χ2n) is 12.0. The van der Waals surface area contributed by atoms with Gasteiger partial charge in [-0.25, -0.2) is 14.5 Å². The molecule has 3 N–H and O–H groups in total. The van der Waals surface area contributed by atoms with E-state index in [-0.39, 0.29) is 12.8 Å². The molecule has 0 bridgehead atoms. The van der Waals surface area contributed by atoms with Gasteiger partial charge >= 0.3 is 16.2 Å². The second kappa shape index (κ2) is 14.3. The van der Waals surface area contributed by atoms with Crippen LogP contribution in [0.3, 0.4) is 0 Å². The molecule has 1 heterocycles. The maximum Gasteiger partial charge on any atom is 0.330 e. The molecule has 0 saturated heterocycles. The zero-order valence-corrected chi connectivity index (χ0v) is 29.2. The standard InChI is InChI=1S/C36H36N6O6S2/c1-41(26-14-17-28(48-3)18-15-26)33(43)31(20-24-10-6-4-7-11-24)39-50(46,47)40-35(45)38-36(22-29(36)25-12-8-5-9-13-25)34(44)42(2)27-16-19-32-30(21-27)37-23-49-32/h4-19,21,23,29,31,39H,20,22H2,1-3H3,(H2,38,40,45)/t29?,31-,36-/m0/s1. The SMILES string of the molecule is COc1ccc(N(C)C(=O)[C@H](Cc2ccccc2)NS(=O)(=O)NC(=O)N[C@@]2(C(=O)N(C)c3ccc4scnc4c3)CC2c2ccccc2)cc1. The second-order valence-corrected chi connectivity index (χ2v) is 14.4. The molecular formula is C36H36N6O6S2. The minimum absolute atomic E-state index is 0.00925. The molecular weight excluding hydrogens is 677 g/mol. The smallest absolute Gasteiger partial charge is 0.330 e. The highest BCUT2D eigenvalue weighted by Crippen LogP contribution is 2.52. The molecule has 12 nitrogen and oxygen atoms in total. The maximum atomic E-state index is 14.1. The molecule has 6 rings (SSSR count). The van der Waals surface area contributed by atoms with E-state index in [1.807, 2.05) is 47.2 Å². The van der Waals surface area contributed by atoms with E-state index in [0.29, 0.717) is 22.7 Å². The summed E-state index contributed by atoms with van der Waals surface area (Å²) < 4.78 is 37.5. The number of nitrogens with one attached hydrogen (secondary N) is 3. The normalized spacial score (nSPS) is 17.4. The molecule has 5 aromatic rings. The summed E-state index contributed by atoms with van der Waals surface area (Å²) >= 11 is 1.48. The number of benzene rings is 4. The average molecular weight is 713 g/mol. The van der Waals surface area contributed by atoms with E-state index in [4.69, 9.17) is 4.74 Å². The van der Waals surface area contributed by atoms with Gasteiger partial charge in [-0.2, -0.15) is 13.1 Å². The van der Waals surface area contributed by atoms with Crippen LogP contribution >= 0.6 is 11.3 Å². The lowest BCUT2D eigenvalue weighted by atomic mass is 10.0. The van der Waals surface area contributed by atoms with Gasteiger partial charge in [-0.05, 0) is 66.4 Å². The van der Waals surface area contributed by atoms with E-state index in [1.165, 1.54) is 35.3 Å². The van der Waals surface area contributed by atoms with Crippen LogP contribution in [0.2, 0.25) is 0 Å². The highest BCUT2D eigenvalue weighted by atomic mass is 32.2. The summed E-state index contributed by atoms with van der Waals surface area (Å²) in [5.41, 5.74) is 3.63. The molecule has 3 atom stereocenters. The number of nitrogens with zero attached hydrogens (tertiary/aromatic N) is 3. The predicted octanol–water partition coefficient (Wildman–Crippen LogP) is 4.60. The van der Waals surface area contributed by atoms with Crippen LogP contribution in [-0.2, 0) is 26.2 Å². The van der Waals surface area contributed by atoms with Gasteiger partial charge in [0.2, 0.25) is 5.91 Å². The van der Waals surface area contributed by atoms with Crippen LogP contribution in [0.5, 0.6) is 5.75 Å². The largest absolute Gasteiger partial charge is 0.497 e. The number of ether oxygens (including phenoxy) is 1. The summed E-state index contributed by atoms with van der Waals surface area (Å²) in [7, 11) is 0.0429. The Labute approximate surface area is 294 Å². The molecule has 0 spiro atoms. The number of anilines is 2. The summed E-state index contributed by atoms with van der Waals surface area (Å²) in [4.78, 5) is 48.5. The number of fused-ring (bicyclic) bond motifs is 1. The summed E-state index contributed by atoms with van der Waals surface area (Å²) in [6.45, 7) is 0. The lowest BCUT2D eigenvalue weighted by molar-refractivity contribution is -0.121. The number of aromatic nitrogens is 1. The number of hydrogen-bond acceptors (Lipinski definition) is 8. The summed E-state index contributed by atoms with van der Waals surface area (Å²) in [5.74, 6) is -0.783. The number of carbonyl (C=O) groups is 3. The molecule has 1 fully saturated rings. The van der Waals surface area contributed by atoms with Crippen LogP contribution in [0, 0.1) is 0 Å². The van der Waals surface area contributed by atoms with Crippen molar-refractivity contribution in [3.05, 3.63) is 120 Å². The number of amides is 4. The number of rotatable bonds is 12. The van der Waals surface area contributed by atoms with Crippen LogP contribution < -0.4 is 29.3 Å². The van der Waals surface area contributed by atoms with Crippen molar-refractivity contribution in [2.45, 2.75) is 30.3 Å². The molecule has 1 unspecified atom stereocenters. The fourth-order valence-electron chi connectivity index (χ4n) is 6.01. The van der Waals surface area contributed by atoms with E-state index in [9.17, 15) is 22.8 Å². The monoisotopic (exact) mass is 712 g/mol. The van der Waals surface area contributed by atoms with Gasteiger partial charge < -0.3 is 19.9 Å². The van der Waals surface area contributed by atoms with Gasteiger partial charge in [0.25, 0.3) is 5.91 Å². The molecule has 1 saturated carbocycles. The van der Waals surface area contributed by atoms with Crippen molar-refractivity contribution in [2.24, 2.45) is 0 Å². The summed E-state index contributed by atoms with van der Waals surface area (Å²) in [5, 5.41) is 2.69. The van der Waals surface area contributed by atoms with E-state index >= 15 is 0 Å². The lowest BCUT2D eigenvalue weighted by Crippen LogP contribution is -2.58. The third-order valence-corrected chi connectivity index (χ3v) is 10.6. The van der Waals surface area contributed by atoms with Crippen molar-refractivity contribution in [1.29, 1.82) is 0 Å². The number of carbonyl (C=O) groups excluding carboxylic acids is 3. The minimum atomic E-state index is -4.63. The van der Waals surface area contributed by atoms with Crippen molar-refractivity contribution in [3.63, 3.8) is 0 Å². The number of urea groups is 1. The van der Waals surface area contributed by atoms with Gasteiger partial charge in [0.15, 0.2) is 0 Å². The fourth-order valence-corrected chi connectivity index (χ4v) is 7.58. The Morgan fingerprint density at radius 2 is 1.58 bits per heavy atom. The summed E-state index contributed by atoms with van der Waals surface area (Å²) in [6.07, 6.45) is 0.261. The number of thiazole rings is 1. The molecule has 1 aliphatic carbocycles. The summed E-state index contributed by atoms with van der Waals surface area (Å²) in [6, 6.07) is 28.0. The first-order valence-electron chi connectivity index (χ1n) is 15.7. The third kappa shape index (κ3) is 7.47. The Morgan fingerprint density at radius 3 is 2.26 bits per heavy atom. The first-order valence-corrected chi connectivity index (χ1v) is 18.1. The quantitative estimate of drug-likeness (QED) is 0.171. The number of methoxy groups -OCH3 is 1. The molecule has 1 aliphatic rings. The van der Waals surface area contributed by atoms with Crippen molar-refractivity contribution in [1.82, 2.24) is 19.7 Å². The predicted molar refractivity (Wildman–Crippen MR) is 194 cm³/mol. The Hall–Kier alpha value is -5.31. The van der Waals surface area contributed by atoms with Gasteiger partial charge in [-0.15, -0.1) is 11.3 Å². The molecule has 4 amide bonds. The number of hydrogen-bond donors (Lipinski definition) is 3. The van der Waals surface area contributed by atoms with Crippen LogP contribution in [0.1, 0.15) is 23.5 Å². The molecule has 50 heavy (non-hydrogen) atoms. The Kier molecular flexibility index (Phi) is 9.86. The van der Waals surface area contributed by atoms with Crippen LogP contribution in [0.4, 0.5) is 16.2 Å². The topological polar surface area (TPSA) is 150 Å². The van der Waals surface area contributed by atoms with Crippen molar-refractivity contribution in [3.8, 4) is 5.75 Å². The Bertz CT molecular complexity index is 2110. The lowest BCUT2D eigenvalue weighted by Gasteiger charge is -2.27. The van der Waals surface area contributed by atoms with Crippen molar-refractivity contribution < 1.29 is 27.5 Å². The average Bonchev–Trinajstić information content (AvgIpc) is 3.65. The molecule has 1 aromatic heterocycles. The number of likely N-dealkylation sites (N-methyl/N-ethyl adjacent to an activating group) is 2. The van der Waals surface area contributed by atoms with E-state index < -0.39 is 45.6 Å². The van der Waals surface area contributed by atoms with Crippen LogP contribution in [-0.4, -0.2) is 64.0 Å². The maximum absolute atomic E-state index is 14.1.